The first-order chi connectivity index (χ1) is 13.9. The summed E-state index contributed by atoms with van der Waals surface area (Å²) in [5.74, 6) is 0. The second kappa shape index (κ2) is 41.1. The number of rotatable bonds is 1. The number of hydrogen-bond acceptors (Lipinski definition) is 14. The summed E-state index contributed by atoms with van der Waals surface area (Å²) >= 11 is 0. The molecular weight excluding hydrogens is 769 g/mol. The van der Waals surface area contributed by atoms with Crippen molar-refractivity contribution in [1.29, 1.82) is 0 Å². The third kappa shape index (κ3) is 1960. The van der Waals surface area contributed by atoms with E-state index in [1.54, 1.807) is 0 Å². The van der Waals surface area contributed by atoms with Crippen LogP contribution >= 0.6 is 46.9 Å². The van der Waals surface area contributed by atoms with Crippen molar-refractivity contribution in [2.45, 2.75) is 0 Å². The fraction of sp³-hybridized carbons (Fsp3) is 1.00. The Bertz CT molecular complexity index is 528. The molecule has 0 amide bonds. The van der Waals surface area contributed by atoms with Crippen LogP contribution < -0.4 is 159 Å². The van der Waals surface area contributed by atoms with Gasteiger partial charge in [0.2, 0.25) is 0 Å². The van der Waals surface area contributed by atoms with E-state index in [2.05, 4.69) is 0 Å². The first-order valence-corrected chi connectivity index (χ1v) is 15.1. The molecule has 223 valence electrons. The third-order valence-electron chi connectivity index (χ3n) is 0.167. The van der Waals surface area contributed by atoms with Crippen LogP contribution in [0.15, 0.2) is 0 Å². The van der Waals surface area contributed by atoms with E-state index in [1.807, 2.05) is 0 Å². The maximum absolute atomic E-state index is 8.77. The average Bonchev–Trinajstić information content (AvgIpc) is 2.25. The number of phosphoric acid groups is 6. The summed E-state index contributed by atoms with van der Waals surface area (Å²) in [5.41, 5.74) is 9.81. The molecule has 0 unspecified atom stereocenters. The van der Waals surface area contributed by atoms with Crippen molar-refractivity contribution in [1.82, 2.24) is 0 Å². The first-order valence-electron chi connectivity index (χ1n) is 5.91. The van der Waals surface area contributed by atoms with E-state index in [1.165, 1.54) is 0 Å². The van der Waals surface area contributed by atoms with Gasteiger partial charge in [-0.25, -0.2) is 0 Å². The molecule has 0 aromatic carbocycles. The van der Waals surface area contributed by atoms with Crippen LogP contribution in [0.5, 0.6) is 0 Å². The molecular formula is C2H20MnN2Na4O24P6. The van der Waals surface area contributed by atoms with Crippen LogP contribution in [0, 0.1) is 0 Å². The third-order valence-corrected chi connectivity index (χ3v) is 0.167. The molecule has 0 saturated carbocycles. The van der Waals surface area contributed by atoms with Crippen molar-refractivity contribution in [3.05, 3.63) is 0 Å². The van der Waals surface area contributed by atoms with Gasteiger partial charge < -0.3 is 99.5 Å². The molecule has 1 radical (unpaired) electrons. The van der Waals surface area contributed by atoms with Crippen molar-refractivity contribution in [2.75, 3.05) is 13.1 Å². The molecule has 0 heterocycles. The molecule has 16 N–H and O–H groups in total. The van der Waals surface area contributed by atoms with Gasteiger partial charge in [0.15, 0.2) is 0 Å². The first kappa shape index (κ1) is 79.5. The summed E-state index contributed by atoms with van der Waals surface area (Å²) in [6.07, 6.45) is 0. The molecule has 0 aromatic rings. The summed E-state index contributed by atoms with van der Waals surface area (Å²) in [6, 6.07) is 0. The Morgan fingerprint density at radius 2 is 0.385 bits per heavy atom. The van der Waals surface area contributed by atoms with E-state index in [9.17, 15) is 0 Å². The maximum atomic E-state index is 8.77. The van der Waals surface area contributed by atoms with Gasteiger partial charge in [-0.2, -0.15) is 0 Å². The Labute approximate surface area is 318 Å². The Morgan fingerprint density at radius 1 is 0.359 bits per heavy atom. The van der Waals surface area contributed by atoms with Gasteiger partial charge in [-0.3, -0.25) is 27.4 Å². The standard InChI is InChI=1S/C2H8N2.Mn.4Na.6H3O4P/c3-1-2-4;;;;;;6*1-5(2,3)4/h1-4H2;;;;;;6*(H3,1,2,3,4)/q;+2;4*+1;;;;;;/p-6. The largest absolute Gasteiger partial charge is 2.00 e. The van der Waals surface area contributed by atoms with Gasteiger partial charge in [-0.15, -0.1) is 0 Å². The average molecular weight is 789 g/mol. The molecule has 0 bridgehead atoms. The van der Waals surface area contributed by atoms with Crippen molar-refractivity contribution in [2.24, 2.45) is 11.5 Å². The second-order valence-electron chi connectivity index (χ2n) is 3.52. The molecule has 0 atom stereocenters. The van der Waals surface area contributed by atoms with Crippen molar-refractivity contribution >= 4 is 46.9 Å². The Hall–Kier alpha value is 5.10. The fourth-order valence-electron chi connectivity index (χ4n) is 0. The summed E-state index contributed by atoms with van der Waals surface area (Å²) in [6.45, 7) is 1.19. The van der Waals surface area contributed by atoms with Crippen LogP contribution in [-0.2, 0) is 44.5 Å². The van der Waals surface area contributed by atoms with Gasteiger partial charge in [0.1, 0.15) is 0 Å². The van der Waals surface area contributed by atoms with Crippen molar-refractivity contribution in [3.63, 3.8) is 0 Å². The summed E-state index contributed by atoms with van der Waals surface area (Å²) < 4.78 is 52.6. The summed E-state index contributed by atoms with van der Waals surface area (Å²) in [4.78, 5) is 138. The topological polar surface area (TPSA) is 536 Å². The van der Waals surface area contributed by atoms with E-state index in [4.69, 9.17) is 127 Å². The van der Waals surface area contributed by atoms with Crippen molar-refractivity contribution < 1.29 is 251 Å². The zero-order valence-corrected chi connectivity index (χ0v) is 34.4. The molecule has 0 aliphatic heterocycles. The Balaban J connectivity index is -0.0000000214. The zero-order chi connectivity index (χ0) is 30.4. The van der Waals surface area contributed by atoms with Crippen LogP contribution in [0.4, 0.5) is 0 Å². The minimum absolute atomic E-state index is 0. The van der Waals surface area contributed by atoms with Crippen LogP contribution in [0.25, 0.3) is 0 Å². The van der Waals surface area contributed by atoms with Crippen molar-refractivity contribution in [3.8, 4) is 0 Å². The predicted octanol–water partition coefficient (Wildman–Crippen LogP) is -22.4. The monoisotopic (exact) mass is 789 g/mol. The molecule has 39 heavy (non-hydrogen) atoms. The summed E-state index contributed by atoms with van der Waals surface area (Å²) in [7, 11) is -29.3. The van der Waals surface area contributed by atoms with Crippen LogP contribution in [-0.4, -0.2) is 71.8 Å². The van der Waals surface area contributed by atoms with E-state index >= 15 is 0 Å². The molecule has 26 nitrogen and oxygen atoms in total. The van der Waals surface area contributed by atoms with E-state index < -0.39 is 46.9 Å². The molecule has 0 aliphatic rings. The van der Waals surface area contributed by atoms with Crippen LogP contribution in [0.2, 0.25) is 0 Å². The van der Waals surface area contributed by atoms with Gasteiger partial charge in [-0.1, -0.05) is 0 Å². The number of hydrogen-bond donors (Lipinski definition) is 14. The second-order valence-corrected chi connectivity index (χ2v) is 9.41. The van der Waals surface area contributed by atoms with Gasteiger partial charge in [-0.05, 0) is 0 Å². The van der Waals surface area contributed by atoms with Gasteiger partial charge in [0.05, 0.1) is 0 Å². The molecule has 0 saturated heterocycles. The molecule has 0 aromatic heterocycles. The Morgan fingerprint density at radius 3 is 0.385 bits per heavy atom. The predicted molar refractivity (Wildman–Crippen MR) is 90.4 cm³/mol. The quantitative estimate of drug-likeness (QED) is 0.0866. The normalized spacial score (nSPS) is 9.85. The molecule has 0 rings (SSSR count). The molecule has 37 heteroatoms. The Kier molecular flexibility index (Phi) is 83.8. The summed E-state index contributed by atoms with van der Waals surface area (Å²) in [5, 5.41) is 0. The van der Waals surface area contributed by atoms with Gasteiger partial charge >= 0.3 is 135 Å². The van der Waals surface area contributed by atoms with E-state index in [0.29, 0.717) is 13.1 Å². The molecule has 0 aliphatic carbocycles. The van der Waals surface area contributed by atoms with Crippen LogP contribution in [0.3, 0.4) is 0 Å². The van der Waals surface area contributed by atoms with Crippen LogP contribution in [0.1, 0.15) is 0 Å². The maximum Gasteiger partial charge on any atom is 2.00 e. The SMILES string of the molecule is NCCN.O=P([O-])(O)O.O=P([O-])(O)O.O=P([O-])(O)O.O=P([O-])(O)O.O=P([O-])(O)O.O=P([O-])(O)O.[Mn+2].[Na+].[Na+].[Na+].[Na+]. The minimum atomic E-state index is -4.89. The van der Waals surface area contributed by atoms with Gasteiger partial charge in [0.25, 0.3) is 46.9 Å². The van der Waals surface area contributed by atoms with Gasteiger partial charge in [0, 0.05) is 13.1 Å². The zero-order valence-electron chi connectivity index (χ0n) is 19.9. The minimum Gasteiger partial charge on any atom is -0.756 e. The smallest absolute Gasteiger partial charge is 0.756 e. The van der Waals surface area contributed by atoms with E-state index in [0.717, 1.165) is 0 Å². The number of nitrogens with two attached hydrogens (primary N) is 2. The molecule has 0 fully saturated rings. The van der Waals surface area contributed by atoms with E-state index in [-0.39, 0.29) is 135 Å². The fourth-order valence-corrected chi connectivity index (χ4v) is 0. The molecule has 0 spiro atoms.